The van der Waals surface area contributed by atoms with Gasteiger partial charge in [-0.05, 0) is 37.1 Å². The molecule has 2 aromatic carbocycles. The lowest BCUT2D eigenvalue weighted by atomic mass is 9.78. The second-order valence-corrected chi connectivity index (χ2v) is 6.95. The summed E-state index contributed by atoms with van der Waals surface area (Å²) in [5, 5.41) is 2.57. The Morgan fingerprint density at radius 3 is 2.48 bits per heavy atom. The maximum absolute atomic E-state index is 14.3. The van der Waals surface area contributed by atoms with Crippen LogP contribution in [0, 0.1) is 11.6 Å². The highest BCUT2D eigenvalue weighted by Crippen LogP contribution is 2.43. The van der Waals surface area contributed by atoms with Crippen molar-refractivity contribution in [2.24, 2.45) is 0 Å². The maximum atomic E-state index is 14.3. The first-order valence-corrected chi connectivity index (χ1v) is 8.97. The van der Waals surface area contributed by atoms with Gasteiger partial charge < -0.3 is 10.1 Å². The van der Waals surface area contributed by atoms with E-state index in [0.717, 1.165) is 18.9 Å². The van der Waals surface area contributed by atoms with Crippen molar-refractivity contribution < 1.29 is 23.1 Å². The predicted molar refractivity (Wildman–Crippen MR) is 97.5 cm³/mol. The third kappa shape index (κ3) is 4.11. The van der Waals surface area contributed by atoms with Crippen molar-refractivity contribution in [3.05, 3.63) is 64.7 Å². The van der Waals surface area contributed by atoms with Crippen molar-refractivity contribution in [2.45, 2.75) is 31.1 Å². The Kier molecular flexibility index (Phi) is 5.75. The summed E-state index contributed by atoms with van der Waals surface area (Å²) < 4.78 is 33.1. The van der Waals surface area contributed by atoms with Gasteiger partial charge in [-0.3, -0.25) is 9.59 Å². The van der Waals surface area contributed by atoms with E-state index in [-0.39, 0.29) is 16.3 Å². The summed E-state index contributed by atoms with van der Waals surface area (Å²) in [6.45, 7) is -0.596. The number of hydrogen-bond donors (Lipinski definition) is 1. The minimum Gasteiger partial charge on any atom is -0.455 e. The highest BCUT2D eigenvalue weighted by Gasteiger charge is 2.45. The van der Waals surface area contributed by atoms with Crippen LogP contribution in [0.2, 0.25) is 5.02 Å². The molecule has 142 valence electrons. The fourth-order valence-electron chi connectivity index (χ4n) is 3.46. The Morgan fingerprint density at radius 2 is 1.78 bits per heavy atom. The molecule has 1 saturated carbocycles. The molecule has 0 aliphatic heterocycles. The number of nitrogens with one attached hydrogen (secondary N) is 1. The standard InChI is InChI=1S/C20H18ClF2NO3/c21-13-7-8-16(23)17(11-13)24-18(25)12-27-19(26)20(9-3-4-10-20)14-5-1-2-6-15(14)22/h1-2,5-8,11H,3-4,9-10,12H2,(H,24,25). The van der Waals surface area contributed by atoms with Crippen molar-refractivity contribution >= 4 is 29.2 Å². The first kappa shape index (κ1) is 19.3. The fraction of sp³-hybridized carbons (Fsp3) is 0.300. The Balaban J connectivity index is 1.69. The number of amides is 1. The van der Waals surface area contributed by atoms with Crippen LogP contribution in [0.3, 0.4) is 0 Å². The molecule has 0 radical (unpaired) electrons. The fourth-order valence-corrected chi connectivity index (χ4v) is 3.63. The van der Waals surface area contributed by atoms with E-state index in [4.69, 9.17) is 16.3 Å². The largest absolute Gasteiger partial charge is 0.455 e. The van der Waals surface area contributed by atoms with Crippen LogP contribution in [0.4, 0.5) is 14.5 Å². The summed E-state index contributed by atoms with van der Waals surface area (Å²) >= 11 is 5.78. The number of esters is 1. The van der Waals surface area contributed by atoms with Gasteiger partial charge in [0.15, 0.2) is 6.61 Å². The third-order valence-corrected chi connectivity index (χ3v) is 5.01. The number of benzene rings is 2. The molecule has 0 bridgehead atoms. The van der Waals surface area contributed by atoms with E-state index >= 15 is 0 Å². The summed E-state index contributed by atoms with van der Waals surface area (Å²) in [5.74, 6) is -2.47. The number of carbonyl (C=O) groups is 2. The van der Waals surface area contributed by atoms with Gasteiger partial charge in [0.1, 0.15) is 11.6 Å². The zero-order chi connectivity index (χ0) is 19.4. The molecule has 0 aromatic heterocycles. The molecule has 0 atom stereocenters. The van der Waals surface area contributed by atoms with Gasteiger partial charge in [-0.1, -0.05) is 42.6 Å². The lowest BCUT2D eigenvalue weighted by molar-refractivity contribution is -0.153. The van der Waals surface area contributed by atoms with Crippen molar-refractivity contribution in [1.29, 1.82) is 0 Å². The Hall–Kier alpha value is -2.47. The van der Waals surface area contributed by atoms with Gasteiger partial charge in [0, 0.05) is 10.6 Å². The van der Waals surface area contributed by atoms with Crippen molar-refractivity contribution in [2.75, 3.05) is 11.9 Å². The Bertz CT molecular complexity index is 866. The second-order valence-electron chi connectivity index (χ2n) is 6.52. The summed E-state index contributed by atoms with van der Waals surface area (Å²) in [7, 11) is 0. The predicted octanol–water partition coefficient (Wildman–Crippen LogP) is 4.61. The minimum atomic E-state index is -1.09. The van der Waals surface area contributed by atoms with Crippen molar-refractivity contribution in [1.82, 2.24) is 0 Å². The molecule has 4 nitrogen and oxygen atoms in total. The van der Waals surface area contributed by atoms with Crippen LogP contribution in [0.1, 0.15) is 31.2 Å². The van der Waals surface area contributed by atoms with E-state index in [0.29, 0.717) is 12.8 Å². The van der Waals surface area contributed by atoms with Gasteiger partial charge >= 0.3 is 5.97 Å². The first-order valence-electron chi connectivity index (χ1n) is 8.59. The number of hydrogen-bond acceptors (Lipinski definition) is 3. The summed E-state index contributed by atoms with van der Waals surface area (Å²) in [5.41, 5.74) is -0.908. The average molecular weight is 394 g/mol. The molecular formula is C20H18ClF2NO3. The summed E-state index contributed by atoms with van der Waals surface area (Å²) in [4.78, 5) is 24.8. The van der Waals surface area contributed by atoms with Crippen LogP contribution < -0.4 is 5.32 Å². The Labute approximate surface area is 160 Å². The van der Waals surface area contributed by atoms with Crippen molar-refractivity contribution in [3.63, 3.8) is 0 Å². The number of carbonyl (C=O) groups excluding carboxylic acids is 2. The second kappa shape index (κ2) is 8.05. The van der Waals surface area contributed by atoms with Gasteiger partial charge in [-0.25, -0.2) is 8.78 Å². The summed E-state index contributed by atoms with van der Waals surface area (Å²) in [6.07, 6.45) is 2.45. The van der Waals surface area contributed by atoms with E-state index in [1.807, 2.05) is 0 Å². The topological polar surface area (TPSA) is 55.4 Å². The molecule has 0 spiro atoms. The van der Waals surface area contributed by atoms with Gasteiger partial charge in [0.2, 0.25) is 0 Å². The quantitative estimate of drug-likeness (QED) is 0.754. The van der Waals surface area contributed by atoms with E-state index < -0.39 is 35.5 Å². The smallest absolute Gasteiger partial charge is 0.317 e. The summed E-state index contributed by atoms with van der Waals surface area (Å²) in [6, 6.07) is 9.83. The lowest BCUT2D eigenvalue weighted by Crippen LogP contribution is -2.37. The van der Waals surface area contributed by atoms with Crippen LogP contribution in [-0.2, 0) is 19.7 Å². The molecule has 7 heteroatoms. The monoisotopic (exact) mass is 393 g/mol. The highest BCUT2D eigenvalue weighted by atomic mass is 35.5. The van der Waals surface area contributed by atoms with E-state index in [1.165, 1.54) is 18.2 Å². The zero-order valence-electron chi connectivity index (χ0n) is 14.4. The van der Waals surface area contributed by atoms with E-state index in [9.17, 15) is 18.4 Å². The minimum absolute atomic E-state index is 0.103. The highest BCUT2D eigenvalue weighted by molar-refractivity contribution is 6.30. The molecule has 0 heterocycles. The van der Waals surface area contributed by atoms with Crippen LogP contribution in [-0.4, -0.2) is 18.5 Å². The van der Waals surface area contributed by atoms with Crippen LogP contribution >= 0.6 is 11.6 Å². The molecule has 3 rings (SSSR count). The number of rotatable bonds is 5. The average Bonchev–Trinajstić information content (AvgIpc) is 3.14. The van der Waals surface area contributed by atoms with Crippen LogP contribution in [0.15, 0.2) is 42.5 Å². The number of ether oxygens (including phenoxy) is 1. The molecule has 27 heavy (non-hydrogen) atoms. The molecule has 2 aromatic rings. The zero-order valence-corrected chi connectivity index (χ0v) is 15.2. The van der Waals surface area contributed by atoms with Crippen LogP contribution in [0.25, 0.3) is 0 Å². The van der Waals surface area contributed by atoms with Gasteiger partial charge in [-0.2, -0.15) is 0 Å². The number of halogens is 3. The van der Waals surface area contributed by atoms with Gasteiger partial charge in [0.05, 0.1) is 11.1 Å². The molecule has 1 aliphatic carbocycles. The molecule has 1 N–H and O–H groups in total. The molecule has 0 saturated heterocycles. The first-order chi connectivity index (χ1) is 12.9. The normalized spacial score (nSPS) is 15.4. The van der Waals surface area contributed by atoms with Crippen LogP contribution in [0.5, 0.6) is 0 Å². The third-order valence-electron chi connectivity index (χ3n) is 4.77. The number of anilines is 1. The molecule has 1 fully saturated rings. The van der Waals surface area contributed by atoms with E-state index in [1.54, 1.807) is 18.2 Å². The molecular weight excluding hydrogens is 376 g/mol. The van der Waals surface area contributed by atoms with E-state index in [2.05, 4.69) is 5.32 Å². The van der Waals surface area contributed by atoms with Gasteiger partial charge in [-0.15, -0.1) is 0 Å². The lowest BCUT2D eigenvalue weighted by Gasteiger charge is -2.27. The maximum Gasteiger partial charge on any atom is 0.317 e. The SMILES string of the molecule is O=C(COC(=O)C1(c2ccccc2F)CCCC1)Nc1cc(Cl)ccc1F. The molecule has 0 unspecified atom stereocenters. The van der Waals surface area contributed by atoms with Crippen molar-refractivity contribution in [3.8, 4) is 0 Å². The molecule has 1 aliphatic rings. The Morgan fingerprint density at radius 1 is 1.07 bits per heavy atom. The molecule has 1 amide bonds. The van der Waals surface area contributed by atoms with Gasteiger partial charge in [0.25, 0.3) is 5.91 Å².